The molecule has 2 aromatic heterocycles. The number of nitrogens with zero attached hydrogens (tertiary/aromatic N) is 4. The molecule has 1 N–H and O–H groups in total. The fourth-order valence-corrected chi connectivity index (χ4v) is 4.01. The van der Waals surface area contributed by atoms with E-state index >= 15 is 0 Å². The van der Waals surface area contributed by atoms with E-state index in [2.05, 4.69) is 45.6 Å². The average molecular weight is 414 g/mol. The third kappa shape index (κ3) is 4.45. The lowest BCUT2D eigenvalue weighted by Gasteiger charge is -2.26. The van der Waals surface area contributed by atoms with Crippen molar-refractivity contribution in [2.75, 3.05) is 44.7 Å². The normalized spacial score (nSPS) is 14.7. The minimum absolute atomic E-state index is 0.842. The van der Waals surface area contributed by atoms with E-state index in [1.165, 1.54) is 0 Å². The third-order valence-electron chi connectivity index (χ3n) is 5.69. The maximum absolute atomic E-state index is 5.44. The van der Waals surface area contributed by atoms with Crippen molar-refractivity contribution in [3.63, 3.8) is 0 Å². The van der Waals surface area contributed by atoms with E-state index in [1.54, 1.807) is 0 Å². The fourth-order valence-electron chi connectivity index (χ4n) is 4.01. The van der Waals surface area contributed by atoms with E-state index < -0.39 is 0 Å². The van der Waals surface area contributed by atoms with Crippen LogP contribution < -0.4 is 5.32 Å². The highest BCUT2D eigenvalue weighted by Crippen LogP contribution is 2.28. The molecule has 0 aliphatic carbocycles. The van der Waals surface area contributed by atoms with Crippen LogP contribution in [0.2, 0.25) is 0 Å². The molecule has 2 aromatic carbocycles. The molecule has 1 aliphatic heterocycles. The fraction of sp³-hybridized carbons (Fsp3) is 0.280. The molecule has 0 atom stereocenters. The Morgan fingerprint density at radius 3 is 2.35 bits per heavy atom. The SMILES string of the molecule is c1ccc(-c2cc(NCCCN3CCOCC3)n3ncc(-c4ccccc4)c3n2)cc1. The minimum Gasteiger partial charge on any atom is -0.379 e. The van der Waals surface area contributed by atoms with E-state index in [4.69, 9.17) is 9.72 Å². The number of ether oxygens (including phenoxy) is 1. The van der Waals surface area contributed by atoms with Gasteiger partial charge in [-0.2, -0.15) is 9.61 Å². The van der Waals surface area contributed by atoms with Gasteiger partial charge in [-0.3, -0.25) is 4.90 Å². The molecular weight excluding hydrogens is 386 g/mol. The van der Waals surface area contributed by atoms with Crippen LogP contribution in [0.5, 0.6) is 0 Å². The average Bonchev–Trinajstić information content (AvgIpc) is 3.28. The number of hydrogen-bond acceptors (Lipinski definition) is 5. The molecule has 0 amide bonds. The van der Waals surface area contributed by atoms with E-state index in [1.807, 2.05) is 47.1 Å². The van der Waals surface area contributed by atoms with Crippen LogP contribution in [0.3, 0.4) is 0 Å². The standard InChI is InChI=1S/C25H27N5O/c1-3-8-20(9-4-1)22-19-27-30-24(26-12-7-13-29-14-16-31-17-15-29)18-23(28-25(22)30)21-10-5-2-6-11-21/h1-6,8-11,18-19,26H,7,12-17H2. The zero-order valence-corrected chi connectivity index (χ0v) is 17.6. The quantitative estimate of drug-likeness (QED) is 0.460. The Morgan fingerprint density at radius 2 is 1.61 bits per heavy atom. The second-order valence-corrected chi connectivity index (χ2v) is 7.79. The summed E-state index contributed by atoms with van der Waals surface area (Å²) in [4.78, 5) is 7.44. The first kappa shape index (κ1) is 19.7. The second-order valence-electron chi connectivity index (χ2n) is 7.79. The Morgan fingerprint density at radius 1 is 0.903 bits per heavy atom. The molecule has 0 spiro atoms. The first-order valence-corrected chi connectivity index (χ1v) is 10.9. The van der Waals surface area contributed by atoms with E-state index in [0.29, 0.717) is 0 Å². The molecule has 158 valence electrons. The monoisotopic (exact) mass is 413 g/mol. The topological polar surface area (TPSA) is 54.7 Å². The van der Waals surface area contributed by atoms with Gasteiger partial charge < -0.3 is 10.1 Å². The van der Waals surface area contributed by atoms with Crippen molar-refractivity contribution in [1.29, 1.82) is 0 Å². The maximum atomic E-state index is 5.44. The number of fused-ring (bicyclic) bond motifs is 1. The molecule has 6 nitrogen and oxygen atoms in total. The van der Waals surface area contributed by atoms with Gasteiger partial charge in [0, 0.05) is 36.8 Å². The number of aromatic nitrogens is 3. The Bertz CT molecular complexity index is 1120. The highest BCUT2D eigenvalue weighted by molar-refractivity contribution is 5.80. The molecule has 1 aliphatic rings. The van der Waals surface area contributed by atoms with Gasteiger partial charge in [-0.05, 0) is 18.5 Å². The van der Waals surface area contributed by atoms with Crippen molar-refractivity contribution in [3.05, 3.63) is 72.9 Å². The molecule has 0 saturated carbocycles. The third-order valence-corrected chi connectivity index (χ3v) is 5.69. The van der Waals surface area contributed by atoms with Gasteiger partial charge in [0.05, 0.1) is 25.1 Å². The molecule has 6 heteroatoms. The van der Waals surface area contributed by atoms with Crippen LogP contribution in [0.15, 0.2) is 72.9 Å². The molecule has 1 fully saturated rings. The van der Waals surface area contributed by atoms with Crippen LogP contribution in [0.4, 0.5) is 5.82 Å². The number of benzene rings is 2. The number of nitrogens with one attached hydrogen (secondary N) is 1. The summed E-state index contributed by atoms with van der Waals surface area (Å²) in [5.41, 5.74) is 5.06. The molecule has 1 saturated heterocycles. The first-order chi connectivity index (χ1) is 15.4. The summed E-state index contributed by atoms with van der Waals surface area (Å²) in [5, 5.41) is 8.27. The minimum atomic E-state index is 0.842. The lowest BCUT2D eigenvalue weighted by atomic mass is 10.1. The molecule has 0 radical (unpaired) electrons. The smallest absolute Gasteiger partial charge is 0.165 e. The summed E-state index contributed by atoms with van der Waals surface area (Å²) in [5.74, 6) is 0.966. The van der Waals surface area contributed by atoms with Crippen molar-refractivity contribution >= 4 is 11.5 Å². The molecule has 3 heterocycles. The number of hydrogen-bond donors (Lipinski definition) is 1. The Hall–Kier alpha value is -3.22. The Labute approximate surface area is 182 Å². The number of morpholine rings is 1. The molecule has 4 aromatic rings. The zero-order chi connectivity index (χ0) is 20.9. The summed E-state index contributed by atoms with van der Waals surface area (Å²) < 4.78 is 7.36. The van der Waals surface area contributed by atoms with Crippen molar-refractivity contribution in [1.82, 2.24) is 19.5 Å². The molecule has 0 bridgehead atoms. The van der Waals surface area contributed by atoms with Crippen molar-refractivity contribution in [2.45, 2.75) is 6.42 Å². The zero-order valence-electron chi connectivity index (χ0n) is 17.6. The van der Waals surface area contributed by atoms with Crippen molar-refractivity contribution < 1.29 is 4.74 Å². The summed E-state index contributed by atoms with van der Waals surface area (Å²) >= 11 is 0. The molecule has 0 unspecified atom stereocenters. The molecule has 5 rings (SSSR count). The van der Waals surface area contributed by atoms with Gasteiger partial charge in [0.15, 0.2) is 5.65 Å². The van der Waals surface area contributed by atoms with Crippen LogP contribution in [0.25, 0.3) is 28.0 Å². The lowest BCUT2D eigenvalue weighted by molar-refractivity contribution is 0.0378. The Balaban J connectivity index is 1.44. The Kier molecular flexibility index (Phi) is 5.91. The number of rotatable bonds is 7. The van der Waals surface area contributed by atoms with Gasteiger partial charge in [-0.25, -0.2) is 4.98 Å². The van der Waals surface area contributed by atoms with E-state index in [0.717, 1.165) is 79.7 Å². The first-order valence-electron chi connectivity index (χ1n) is 10.9. The predicted octanol–water partition coefficient (Wildman–Crippen LogP) is 4.20. The van der Waals surface area contributed by atoms with Crippen LogP contribution in [-0.2, 0) is 4.74 Å². The number of anilines is 1. The highest BCUT2D eigenvalue weighted by atomic mass is 16.5. The van der Waals surface area contributed by atoms with Crippen LogP contribution in [-0.4, -0.2) is 58.9 Å². The summed E-state index contributed by atoms with van der Waals surface area (Å²) in [6.45, 7) is 5.69. The molecular formula is C25H27N5O. The van der Waals surface area contributed by atoms with Gasteiger partial charge >= 0.3 is 0 Å². The van der Waals surface area contributed by atoms with Gasteiger partial charge in [-0.1, -0.05) is 60.7 Å². The predicted molar refractivity (Wildman–Crippen MR) is 124 cm³/mol. The van der Waals surface area contributed by atoms with Crippen molar-refractivity contribution in [3.8, 4) is 22.4 Å². The van der Waals surface area contributed by atoms with E-state index in [9.17, 15) is 0 Å². The lowest BCUT2D eigenvalue weighted by Crippen LogP contribution is -2.37. The van der Waals surface area contributed by atoms with Crippen LogP contribution in [0.1, 0.15) is 6.42 Å². The summed E-state index contributed by atoms with van der Waals surface area (Å²) in [6.07, 6.45) is 2.97. The van der Waals surface area contributed by atoms with Crippen LogP contribution in [0, 0.1) is 0 Å². The second kappa shape index (κ2) is 9.29. The van der Waals surface area contributed by atoms with Crippen LogP contribution >= 0.6 is 0 Å². The summed E-state index contributed by atoms with van der Waals surface area (Å²) in [7, 11) is 0. The van der Waals surface area contributed by atoms with Gasteiger partial charge in [-0.15, -0.1) is 0 Å². The summed E-state index contributed by atoms with van der Waals surface area (Å²) in [6, 6.07) is 22.7. The van der Waals surface area contributed by atoms with Crippen molar-refractivity contribution in [2.24, 2.45) is 0 Å². The van der Waals surface area contributed by atoms with Gasteiger partial charge in [0.2, 0.25) is 0 Å². The van der Waals surface area contributed by atoms with Gasteiger partial charge in [0.1, 0.15) is 5.82 Å². The molecule has 31 heavy (non-hydrogen) atoms. The highest BCUT2D eigenvalue weighted by Gasteiger charge is 2.14. The largest absolute Gasteiger partial charge is 0.379 e. The van der Waals surface area contributed by atoms with E-state index in [-0.39, 0.29) is 0 Å². The maximum Gasteiger partial charge on any atom is 0.165 e. The van der Waals surface area contributed by atoms with Gasteiger partial charge in [0.25, 0.3) is 0 Å².